The van der Waals surface area contributed by atoms with E-state index in [4.69, 9.17) is 40.9 Å². The van der Waals surface area contributed by atoms with Gasteiger partial charge in [-0.15, -0.1) is 11.3 Å². The van der Waals surface area contributed by atoms with E-state index in [-0.39, 0.29) is 42.2 Å². The van der Waals surface area contributed by atoms with Crippen molar-refractivity contribution >= 4 is 59.7 Å². The average molecular weight is 741 g/mol. The second kappa shape index (κ2) is 23.1. The molecule has 1 saturated heterocycles. The van der Waals surface area contributed by atoms with Crippen LogP contribution < -0.4 is 26.8 Å². The normalized spacial score (nSPS) is 22.3. The van der Waals surface area contributed by atoms with Crippen LogP contribution in [0.3, 0.4) is 0 Å². The van der Waals surface area contributed by atoms with Gasteiger partial charge in [-0.2, -0.15) is 9.35 Å². The number of oxime groups is 1. The molecule has 1 aromatic carbocycles. The Labute approximate surface area is 302 Å². The van der Waals surface area contributed by atoms with Crippen molar-refractivity contribution in [1.29, 1.82) is 5.41 Å². The summed E-state index contributed by atoms with van der Waals surface area (Å²) in [6, 6.07) is 6.58. The number of aromatic nitrogens is 1. The number of hydrogen-bond donors (Lipinski definition) is 7. The number of β-lactam (4-membered cyclic amide) rings is 1. The minimum atomic E-state index is -0.401. The summed E-state index contributed by atoms with van der Waals surface area (Å²) in [5.74, 6) is 0.633. The molecule has 280 valence electrons. The molecule has 2 aliphatic heterocycles. The van der Waals surface area contributed by atoms with Gasteiger partial charge < -0.3 is 51.5 Å². The summed E-state index contributed by atoms with van der Waals surface area (Å²) in [7, 11) is 4.73. The second-order valence-corrected chi connectivity index (χ2v) is 12.9. The Kier molecular flexibility index (Phi) is 20.6. The van der Waals surface area contributed by atoms with E-state index in [2.05, 4.69) is 25.1 Å². The maximum Gasteiger partial charge on any atom is 0.267 e. The molecule has 0 radical (unpaired) electrons. The number of amides is 1. The highest BCUT2D eigenvalue weighted by molar-refractivity contribution is 7.88. The van der Waals surface area contributed by atoms with E-state index >= 15 is 0 Å². The van der Waals surface area contributed by atoms with E-state index in [1.54, 1.807) is 12.4 Å². The Morgan fingerprint density at radius 3 is 2.48 bits per heavy atom. The van der Waals surface area contributed by atoms with Crippen molar-refractivity contribution in [2.45, 2.75) is 95.2 Å². The third kappa shape index (κ3) is 12.7. The highest BCUT2D eigenvalue weighted by Crippen LogP contribution is 2.33. The molecular weight excluding hydrogens is 689 g/mol. The van der Waals surface area contributed by atoms with Crippen LogP contribution in [0.5, 0.6) is 5.75 Å². The Balaban J connectivity index is 0.000000414. The Morgan fingerprint density at radius 2 is 1.98 bits per heavy atom. The maximum atomic E-state index is 11.2. The topological polar surface area (TPSA) is 248 Å². The maximum absolute atomic E-state index is 11.2. The predicted octanol–water partition coefficient (Wildman–Crippen LogP) is 2.57. The first-order valence-electron chi connectivity index (χ1n) is 15.8. The van der Waals surface area contributed by atoms with Crippen LogP contribution in [0.4, 0.5) is 5.13 Å². The lowest BCUT2D eigenvalue weighted by atomic mass is 9.85. The smallest absolute Gasteiger partial charge is 0.267 e. The zero-order chi connectivity index (χ0) is 37.9. The number of nitrogens with one attached hydrogen (secondary N) is 3. The van der Waals surface area contributed by atoms with Gasteiger partial charge in [-0.25, -0.2) is 4.98 Å². The summed E-state index contributed by atoms with van der Waals surface area (Å²) in [6.45, 7) is 7.56. The number of nitrogens with zero attached hydrogens (tertiary/aromatic N) is 3. The number of fused-ring (bicyclic) bond motifs is 1. The van der Waals surface area contributed by atoms with E-state index < -0.39 is 5.54 Å². The first kappa shape index (κ1) is 44.5. The van der Waals surface area contributed by atoms with Crippen LogP contribution in [0.1, 0.15) is 69.7 Å². The zero-order valence-corrected chi connectivity index (χ0v) is 31.1. The number of aliphatic hydroxyl groups is 1. The van der Waals surface area contributed by atoms with Gasteiger partial charge in [0.15, 0.2) is 35.6 Å². The van der Waals surface area contributed by atoms with E-state index in [9.17, 15) is 9.59 Å². The van der Waals surface area contributed by atoms with Gasteiger partial charge in [-0.1, -0.05) is 11.6 Å². The molecule has 1 aliphatic carbocycles. The number of carbonyl (C=O) groups is 3. The summed E-state index contributed by atoms with van der Waals surface area (Å²) >= 11 is 1.42. The van der Waals surface area contributed by atoms with Crippen molar-refractivity contribution < 1.29 is 37.9 Å². The van der Waals surface area contributed by atoms with E-state index in [0.717, 1.165) is 48.3 Å². The number of aliphatic hydroxyl groups excluding tert-OH is 1. The molecule has 2 aromatic rings. The van der Waals surface area contributed by atoms with Crippen LogP contribution in [0.15, 0.2) is 28.7 Å². The molecule has 2 fully saturated rings. The molecule has 1 saturated carbocycles. The molecule has 1 aromatic heterocycles. The molecule has 0 bridgehead atoms. The summed E-state index contributed by atoms with van der Waals surface area (Å²) < 4.78 is 19.0. The van der Waals surface area contributed by atoms with Gasteiger partial charge in [0.25, 0.3) is 5.91 Å². The molecule has 9 N–H and O–H groups in total. The minimum absolute atomic E-state index is 0.103. The lowest BCUT2D eigenvalue weighted by molar-refractivity contribution is -0.213. The number of carbonyl (C=O) groups excluding carboxylic acids is 3. The summed E-state index contributed by atoms with van der Waals surface area (Å²) in [4.78, 5) is 39.9. The van der Waals surface area contributed by atoms with Crippen molar-refractivity contribution in [3.8, 4) is 5.75 Å². The van der Waals surface area contributed by atoms with Crippen LogP contribution >= 0.6 is 23.7 Å². The molecule has 3 aliphatic rings. The highest BCUT2D eigenvalue weighted by Gasteiger charge is 2.55. The summed E-state index contributed by atoms with van der Waals surface area (Å²) in [6.07, 6.45) is 8.01. The van der Waals surface area contributed by atoms with Crippen molar-refractivity contribution in [2.75, 3.05) is 26.9 Å². The van der Waals surface area contributed by atoms with Gasteiger partial charge in [0, 0.05) is 30.8 Å². The quantitative estimate of drug-likeness (QED) is 0.0609. The van der Waals surface area contributed by atoms with E-state index in [0.29, 0.717) is 29.2 Å². The molecule has 0 spiro atoms. The van der Waals surface area contributed by atoms with Crippen LogP contribution in [0.2, 0.25) is 0 Å². The second-order valence-electron chi connectivity index (χ2n) is 11.8. The van der Waals surface area contributed by atoms with Crippen molar-refractivity contribution in [2.24, 2.45) is 10.9 Å². The number of hydrogen-bond acceptors (Lipinski definition) is 17. The number of nitrogens with two attached hydrogens (primary N) is 2. The fraction of sp³-hybridized carbons (Fsp3) is 0.562. The Morgan fingerprint density at radius 1 is 1.28 bits per heavy atom. The van der Waals surface area contributed by atoms with Crippen molar-refractivity contribution in [1.82, 2.24) is 20.7 Å². The molecule has 1 amide bonds. The first-order chi connectivity index (χ1) is 24.0. The van der Waals surface area contributed by atoms with Gasteiger partial charge in [-0.3, -0.25) is 9.59 Å². The van der Waals surface area contributed by atoms with Crippen molar-refractivity contribution in [3.05, 3.63) is 40.4 Å². The molecule has 5 rings (SSSR count). The number of anilines is 1. The van der Waals surface area contributed by atoms with Gasteiger partial charge in [-0.05, 0) is 96.3 Å². The van der Waals surface area contributed by atoms with Gasteiger partial charge in [0.05, 0.1) is 5.54 Å². The molecule has 16 nitrogen and oxygen atoms in total. The third-order valence-corrected chi connectivity index (χ3v) is 9.05. The van der Waals surface area contributed by atoms with E-state index in [1.165, 1.54) is 36.8 Å². The zero-order valence-electron chi connectivity index (χ0n) is 29.5. The molecular formula is C32H52N8O8S2. The van der Waals surface area contributed by atoms with Crippen molar-refractivity contribution in [3.63, 3.8) is 0 Å². The van der Waals surface area contributed by atoms with Crippen LogP contribution in [0, 0.1) is 5.41 Å². The number of rotatable bonds is 10. The Hall–Kier alpha value is -3.49. The first-order valence-corrected chi connectivity index (χ1v) is 17.4. The lowest BCUT2D eigenvalue weighted by Gasteiger charge is -2.50. The third-order valence-electron chi connectivity index (χ3n) is 8.16. The number of aldehydes is 1. The summed E-state index contributed by atoms with van der Waals surface area (Å²) in [5.41, 5.74) is 13.4. The molecule has 50 heavy (non-hydrogen) atoms. The predicted molar refractivity (Wildman–Crippen MR) is 196 cm³/mol. The average Bonchev–Trinajstić information content (AvgIpc) is 3.58. The van der Waals surface area contributed by atoms with Crippen LogP contribution in [-0.2, 0) is 29.9 Å². The number of aryl methyl sites for hydroxylation is 1. The fourth-order valence-corrected chi connectivity index (χ4v) is 6.37. The molecule has 3 heterocycles. The largest absolute Gasteiger partial charge is 0.486 e. The minimum Gasteiger partial charge on any atom is -0.486 e. The molecule has 18 heteroatoms. The highest BCUT2D eigenvalue weighted by atomic mass is 32.2. The van der Waals surface area contributed by atoms with Crippen LogP contribution in [-0.4, -0.2) is 108 Å². The lowest BCUT2D eigenvalue weighted by Crippen LogP contribution is -2.74. The number of ether oxygens (including phenoxy) is 1. The number of hydroxylamine groups is 2. The number of nitrogen functional groups attached to an aromatic ring is 1. The summed E-state index contributed by atoms with van der Waals surface area (Å²) in [5, 5.41) is 27.5. The number of thiazole rings is 1. The number of likely N-dealkylation sites (N-methyl/N-ethyl adjacent to an activating group) is 1. The molecule has 5 atom stereocenters. The SMILES string of the molecule is C=O.CC(O/N=C(\C=O)c1csc(N)n1)C1CCc2cc(C=N)ccc2O1.CNC1C(=O)N(OSO)C1(C)C.CNC1CCCC(N)C1.CO. The Bertz CT molecular complexity index is 1370. The molecule has 5 unspecified atom stereocenters. The van der Waals surface area contributed by atoms with Crippen LogP contribution in [0.25, 0.3) is 0 Å². The van der Waals surface area contributed by atoms with E-state index in [1.807, 2.05) is 52.8 Å². The monoisotopic (exact) mass is 740 g/mol. The van der Waals surface area contributed by atoms with Gasteiger partial charge >= 0.3 is 0 Å². The van der Waals surface area contributed by atoms with Gasteiger partial charge in [0.1, 0.15) is 30.4 Å². The standard InChI is InChI=1S/C17H18N4O3S.C7H16N2.C6H12N2O3S.CH4O.CH2O/c1-10(24-21-13(8-22)14-9-25-17(19)20-14)15-5-3-12-6-11(7-18)2-4-16(12)23-15;1-9-7-4-2-3-6(8)5-7;1-6(2)4(7-3)5(9)8(6)11-12-10;2*1-2/h2,4,6-10,15,18H,3,5H2,1H3,(H2,19,20);6-7,9H,2-5,8H2,1H3;4,7,10H,1-3H3;2H,1H3;1H2/b18-7?,21-13+;;;;. The number of benzene rings is 1. The fourth-order valence-electron chi connectivity index (χ4n) is 5.48. The van der Waals surface area contributed by atoms with Gasteiger partial charge in [0.2, 0.25) is 0 Å².